The van der Waals surface area contributed by atoms with Gasteiger partial charge < -0.3 is 4.42 Å². The molecule has 0 aliphatic rings. The van der Waals surface area contributed by atoms with Gasteiger partial charge in [-0.25, -0.2) is 4.98 Å². The Morgan fingerprint density at radius 2 is 2.33 bits per heavy atom. The van der Waals surface area contributed by atoms with Crippen LogP contribution in [0.4, 0.5) is 0 Å². The second kappa shape index (κ2) is 4.37. The van der Waals surface area contributed by atoms with Gasteiger partial charge in [0.1, 0.15) is 5.76 Å². The number of halogens is 1. The van der Waals surface area contributed by atoms with Gasteiger partial charge in [0.25, 0.3) is 0 Å². The number of hydrogen-bond donors (Lipinski definition) is 0. The predicted molar refractivity (Wildman–Crippen MR) is 63.5 cm³/mol. The molecule has 2 heterocycles. The maximum absolute atomic E-state index is 5.79. The molecule has 0 fully saturated rings. The van der Waals surface area contributed by atoms with Crippen LogP contribution in [0.15, 0.2) is 15.9 Å². The largest absolute Gasteiger partial charge is 0.439 e. The number of oxazole rings is 1. The van der Waals surface area contributed by atoms with E-state index in [0.29, 0.717) is 11.8 Å². The molecule has 2 nitrogen and oxygen atoms in total. The minimum atomic E-state index is 0.389. The average molecular weight is 242 g/mol. The Labute approximate surface area is 97.9 Å². The number of aryl methyl sites for hydroxylation is 2. The Bertz CT molecular complexity index is 439. The molecule has 2 aromatic rings. The molecule has 0 saturated heterocycles. The molecule has 0 unspecified atom stereocenters. The first-order valence-electron chi connectivity index (χ1n) is 4.84. The van der Waals surface area contributed by atoms with Gasteiger partial charge in [0.2, 0.25) is 5.89 Å². The maximum Gasteiger partial charge on any atom is 0.236 e. The van der Waals surface area contributed by atoms with E-state index < -0.39 is 0 Å². The molecule has 0 N–H and O–H groups in total. The molecule has 2 aromatic heterocycles. The van der Waals surface area contributed by atoms with E-state index in [1.165, 1.54) is 5.56 Å². The molecular weight excluding hydrogens is 230 g/mol. The average Bonchev–Trinajstić information content (AvgIpc) is 2.82. The molecule has 0 bridgehead atoms. The van der Waals surface area contributed by atoms with E-state index in [2.05, 4.69) is 30.3 Å². The van der Waals surface area contributed by atoms with Crippen molar-refractivity contribution in [2.45, 2.75) is 26.1 Å². The predicted octanol–water partition coefficient (Wildman–Crippen LogP) is 4.01. The summed E-state index contributed by atoms with van der Waals surface area (Å²) < 4.78 is 5.62. The first kappa shape index (κ1) is 10.7. The van der Waals surface area contributed by atoms with Crippen LogP contribution in [-0.4, -0.2) is 4.98 Å². The highest BCUT2D eigenvalue weighted by Crippen LogP contribution is 2.28. The maximum atomic E-state index is 5.79. The zero-order valence-corrected chi connectivity index (χ0v) is 10.3. The Hall–Kier alpha value is -0.800. The van der Waals surface area contributed by atoms with Crippen molar-refractivity contribution in [3.63, 3.8) is 0 Å². The molecule has 0 atom stereocenters. The highest BCUT2D eigenvalue weighted by Gasteiger charge is 2.13. The van der Waals surface area contributed by atoms with Crippen LogP contribution in [0.3, 0.4) is 0 Å². The third-order valence-corrected chi connectivity index (χ3v) is 3.45. The molecule has 0 amide bonds. The standard InChI is InChI=1S/C11H12ClNOS/c1-3-8-9(5-12)14-11(13-8)10-4-7(2)6-15-10/h4,6H,3,5H2,1-2H3. The normalized spacial score (nSPS) is 10.9. The van der Waals surface area contributed by atoms with Gasteiger partial charge in [0.15, 0.2) is 0 Å². The number of thiophene rings is 1. The summed E-state index contributed by atoms with van der Waals surface area (Å²) in [4.78, 5) is 5.51. The van der Waals surface area contributed by atoms with Crippen LogP contribution < -0.4 is 0 Å². The lowest BCUT2D eigenvalue weighted by Gasteiger charge is -1.88. The second-order valence-corrected chi connectivity index (χ2v) is 4.54. The van der Waals surface area contributed by atoms with E-state index in [-0.39, 0.29) is 0 Å². The summed E-state index contributed by atoms with van der Waals surface area (Å²) in [5, 5.41) is 2.09. The SMILES string of the molecule is CCc1nc(-c2cc(C)cs2)oc1CCl. The Morgan fingerprint density at radius 3 is 2.80 bits per heavy atom. The fraction of sp³-hybridized carbons (Fsp3) is 0.364. The monoisotopic (exact) mass is 241 g/mol. The molecule has 0 aliphatic heterocycles. The first-order chi connectivity index (χ1) is 7.24. The highest BCUT2D eigenvalue weighted by molar-refractivity contribution is 7.13. The lowest BCUT2D eigenvalue weighted by molar-refractivity contribution is 0.536. The summed E-state index contributed by atoms with van der Waals surface area (Å²) in [6, 6.07) is 2.08. The van der Waals surface area contributed by atoms with E-state index in [4.69, 9.17) is 16.0 Å². The van der Waals surface area contributed by atoms with Gasteiger partial charge >= 0.3 is 0 Å². The fourth-order valence-corrected chi connectivity index (χ4v) is 2.44. The van der Waals surface area contributed by atoms with Crippen molar-refractivity contribution < 1.29 is 4.42 Å². The number of hydrogen-bond acceptors (Lipinski definition) is 3. The Kier molecular flexibility index (Phi) is 3.12. The van der Waals surface area contributed by atoms with E-state index in [0.717, 1.165) is 22.8 Å². The molecule has 0 saturated carbocycles. The summed E-state index contributed by atoms with van der Waals surface area (Å²) in [6.07, 6.45) is 0.857. The Balaban J connectivity index is 2.41. The van der Waals surface area contributed by atoms with Gasteiger partial charge in [-0.2, -0.15) is 0 Å². The quantitative estimate of drug-likeness (QED) is 0.759. The van der Waals surface area contributed by atoms with Crippen LogP contribution in [0, 0.1) is 6.92 Å². The summed E-state index contributed by atoms with van der Waals surface area (Å²) in [7, 11) is 0. The molecule has 0 spiro atoms. The molecular formula is C11H12ClNOS. The smallest absolute Gasteiger partial charge is 0.236 e. The zero-order valence-electron chi connectivity index (χ0n) is 8.71. The Morgan fingerprint density at radius 1 is 1.53 bits per heavy atom. The van der Waals surface area contributed by atoms with Crippen molar-refractivity contribution in [2.24, 2.45) is 0 Å². The van der Waals surface area contributed by atoms with Crippen LogP contribution in [-0.2, 0) is 12.3 Å². The minimum Gasteiger partial charge on any atom is -0.439 e. The van der Waals surface area contributed by atoms with Crippen molar-refractivity contribution in [3.8, 4) is 10.8 Å². The summed E-state index contributed by atoms with van der Waals surface area (Å²) in [6.45, 7) is 4.11. The van der Waals surface area contributed by atoms with Gasteiger partial charge in [-0.15, -0.1) is 22.9 Å². The number of rotatable bonds is 3. The first-order valence-corrected chi connectivity index (χ1v) is 6.26. The summed E-state index contributed by atoms with van der Waals surface area (Å²) in [5.74, 6) is 1.88. The van der Waals surface area contributed by atoms with E-state index in [1.54, 1.807) is 11.3 Å². The van der Waals surface area contributed by atoms with Gasteiger partial charge in [-0.05, 0) is 30.4 Å². The molecule has 0 aliphatic carbocycles. The van der Waals surface area contributed by atoms with E-state index >= 15 is 0 Å². The van der Waals surface area contributed by atoms with Crippen molar-refractivity contribution >= 4 is 22.9 Å². The summed E-state index contributed by atoms with van der Waals surface area (Å²) >= 11 is 7.43. The molecule has 4 heteroatoms. The third-order valence-electron chi connectivity index (χ3n) is 2.18. The highest BCUT2D eigenvalue weighted by atomic mass is 35.5. The summed E-state index contributed by atoms with van der Waals surface area (Å²) in [5.41, 5.74) is 2.20. The lowest BCUT2D eigenvalue weighted by Crippen LogP contribution is -1.84. The number of aromatic nitrogens is 1. The van der Waals surface area contributed by atoms with Crippen LogP contribution in [0.2, 0.25) is 0 Å². The van der Waals surface area contributed by atoms with Crippen LogP contribution >= 0.6 is 22.9 Å². The molecule has 15 heavy (non-hydrogen) atoms. The lowest BCUT2D eigenvalue weighted by atomic mass is 10.3. The third kappa shape index (κ3) is 2.08. The van der Waals surface area contributed by atoms with Crippen molar-refractivity contribution in [3.05, 3.63) is 28.5 Å². The van der Waals surface area contributed by atoms with Gasteiger partial charge in [0, 0.05) is 0 Å². The number of nitrogens with zero attached hydrogens (tertiary/aromatic N) is 1. The van der Waals surface area contributed by atoms with E-state index in [1.807, 2.05) is 0 Å². The minimum absolute atomic E-state index is 0.389. The van der Waals surface area contributed by atoms with Crippen molar-refractivity contribution in [1.29, 1.82) is 0 Å². The molecule has 0 aromatic carbocycles. The van der Waals surface area contributed by atoms with Crippen LogP contribution in [0.25, 0.3) is 10.8 Å². The van der Waals surface area contributed by atoms with Gasteiger partial charge in [0.05, 0.1) is 16.5 Å². The molecule has 80 valence electrons. The topological polar surface area (TPSA) is 26.0 Å². The van der Waals surface area contributed by atoms with E-state index in [9.17, 15) is 0 Å². The van der Waals surface area contributed by atoms with Crippen molar-refractivity contribution in [1.82, 2.24) is 4.98 Å². The van der Waals surface area contributed by atoms with Crippen LogP contribution in [0.1, 0.15) is 23.9 Å². The van der Waals surface area contributed by atoms with Gasteiger partial charge in [-0.1, -0.05) is 6.92 Å². The fourth-order valence-electron chi connectivity index (χ4n) is 1.41. The zero-order chi connectivity index (χ0) is 10.8. The van der Waals surface area contributed by atoms with Crippen molar-refractivity contribution in [2.75, 3.05) is 0 Å². The van der Waals surface area contributed by atoms with Gasteiger partial charge in [-0.3, -0.25) is 0 Å². The van der Waals surface area contributed by atoms with Crippen LogP contribution in [0.5, 0.6) is 0 Å². The molecule has 2 rings (SSSR count). The number of alkyl halides is 1. The second-order valence-electron chi connectivity index (χ2n) is 3.36. The molecule has 0 radical (unpaired) electrons.